The number of carbonyl (C=O) groups is 2. The van der Waals surface area contributed by atoms with E-state index in [0.717, 1.165) is 11.3 Å². The van der Waals surface area contributed by atoms with Gasteiger partial charge in [0, 0.05) is 58.2 Å². The third-order valence-electron chi connectivity index (χ3n) is 4.68. The molecule has 3 rings (SSSR count). The summed E-state index contributed by atoms with van der Waals surface area (Å²) in [5.41, 5.74) is 3.71. The summed E-state index contributed by atoms with van der Waals surface area (Å²) in [6, 6.07) is 19.0. The van der Waals surface area contributed by atoms with Gasteiger partial charge in [-0.25, -0.2) is 4.98 Å². The number of hydrogen-bond donors (Lipinski definition) is 2. The fraction of sp³-hybridized carbons (Fsp3) is 0.208. The first-order valence-corrected chi connectivity index (χ1v) is 9.93. The summed E-state index contributed by atoms with van der Waals surface area (Å²) in [6.07, 6.45) is 1.57. The van der Waals surface area contributed by atoms with Crippen LogP contribution in [-0.4, -0.2) is 54.8 Å². The molecule has 0 saturated heterocycles. The molecule has 31 heavy (non-hydrogen) atoms. The van der Waals surface area contributed by atoms with Crippen LogP contribution in [0.2, 0.25) is 0 Å². The number of benzene rings is 2. The number of amides is 2. The van der Waals surface area contributed by atoms with Crippen LogP contribution in [0, 0.1) is 0 Å². The molecule has 0 aliphatic heterocycles. The third kappa shape index (κ3) is 5.60. The van der Waals surface area contributed by atoms with Gasteiger partial charge in [0.05, 0.1) is 11.3 Å². The Morgan fingerprint density at radius 3 is 2.13 bits per heavy atom. The first-order chi connectivity index (χ1) is 14.8. The van der Waals surface area contributed by atoms with E-state index in [2.05, 4.69) is 15.6 Å². The molecular formula is C24H27N5O2. The summed E-state index contributed by atoms with van der Waals surface area (Å²) in [5.74, 6) is 0.419. The van der Waals surface area contributed by atoms with Gasteiger partial charge in [-0.1, -0.05) is 30.3 Å². The quantitative estimate of drug-likeness (QED) is 0.611. The molecule has 0 fully saturated rings. The summed E-state index contributed by atoms with van der Waals surface area (Å²) in [5, 5.41) is 6.58. The molecule has 2 aromatic carbocycles. The van der Waals surface area contributed by atoms with Crippen molar-refractivity contribution in [3.63, 3.8) is 0 Å². The molecule has 0 atom stereocenters. The van der Waals surface area contributed by atoms with Crippen molar-refractivity contribution in [2.45, 2.75) is 6.54 Å². The van der Waals surface area contributed by atoms with Crippen LogP contribution >= 0.6 is 0 Å². The summed E-state index contributed by atoms with van der Waals surface area (Å²) in [4.78, 5) is 32.1. The van der Waals surface area contributed by atoms with Crippen molar-refractivity contribution in [1.29, 1.82) is 0 Å². The van der Waals surface area contributed by atoms with E-state index in [4.69, 9.17) is 0 Å². The van der Waals surface area contributed by atoms with Crippen LogP contribution in [0.4, 0.5) is 17.2 Å². The Kier molecular flexibility index (Phi) is 6.87. The average molecular weight is 418 g/mol. The fourth-order valence-electron chi connectivity index (χ4n) is 2.98. The standard InChI is InChI=1S/C24H27N5O2/c1-28(2)23(30)18-10-12-19(13-11-18)27-22-14-21(20(16-26-22)24(31)29(3)4)25-15-17-8-6-5-7-9-17/h5-14,16H,15H2,1-4H3,(H2,25,26,27). The van der Waals surface area contributed by atoms with Crippen molar-refractivity contribution in [2.24, 2.45) is 0 Å². The highest BCUT2D eigenvalue weighted by Crippen LogP contribution is 2.23. The maximum absolute atomic E-state index is 12.6. The van der Waals surface area contributed by atoms with Gasteiger partial charge >= 0.3 is 0 Å². The molecule has 1 aromatic heterocycles. The molecule has 160 valence electrons. The van der Waals surface area contributed by atoms with Crippen LogP contribution in [-0.2, 0) is 6.54 Å². The van der Waals surface area contributed by atoms with E-state index in [9.17, 15) is 9.59 Å². The number of hydrogen-bond acceptors (Lipinski definition) is 5. The Morgan fingerprint density at radius 1 is 0.871 bits per heavy atom. The van der Waals surface area contributed by atoms with E-state index in [1.54, 1.807) is 46.5 Å². The molecule has 0 saturated carbocycles. The van der Waals surface area contributed by atoms with Gasteiger partial charge in [-0.05, 0) is 29.8 Å². The third-order valence-corrected chi connectivity index (χ3v) is 4.68. The number of aromatic nitrogens is 1. The Morgan fingerprint density at radius 2 is 1.52 bits per heavy atom. The monoisotopic (exact) mass is 417 g/mol. The minimum absolute atomic E-state index is 0.0522. The lowest BCUT2D eigenvalue weighted by Crippen LogP contribution is -2.23. The molecule has 7 heteroatoms. The average Bonchev–Trinajstić information content (AvgIpc) is 2.78. The molecular weight excluding hydrogens is 390 g/mol. The van der Waals surface area contributed by atoms with Crippen LogP contribution in [0.25, 0.3) is 0 Å². The van der Waals surface area contributed by atoms with E-state index in [1.807, 2.05) is 48.5 Å². The number of carbonyl (C=O) groups excluding carboxylic acids is 2. The zero-order chi connectivity index (χ0) is 22.4. The zero-order valence-electron chi connectivity index (χ0n) is 18.2. The van der Waals surface area contributed by atoms with E-state index in [0.29, 0.717) is 29.2 Å². The van der Waals surface area contributed by atoms with E-state index >= 15 is 0 Å². The fourth-order valence-corrected chi connectivity index (χ4v) is 2.98. The molecule has 0 radical (unpaired) electrons. The zero-order valence-corrected chi connectivity index (χ0v) is 18.2. The van der Waals surface area contributed by atoms with Gasteiger partial charge in [0.1, 0.15) is 5.82 Å². The highest BCUT2D eigenvalue weighted by molar-refractivity contribution is 5.99. The number of nitrogens with one attached hydrogen (secondary N) is 2. The first kappa shape index (κ1) is 21.8. The largest absolute Gasteiger partial charge is 0.380 e. The molecule has 3 aromatic rings. The summed E-state index contributed by atoms with van der Waals surface area (Å²) in [6.45, 7) is 0.583. The number of nitrogens with zero attached hydrogens (tertiary/aromatic N) is 3. The SMILES string of the molecule is CN(C)C(=O)c1ccc(Nc2cc(NCc3ccccc3)c(C(=O)N(C)C)cn2)cc1. The van der Waals surface area contributed by atoms with Gasteiger partial charge < -0.3 is 20.4 Å². The molecule has 0 unspecified atom stereocenters. The van der Waals surface area contributed by atoms with Crippen molar-refractivity contribution in [3.05, 3.63) is 83.6 Å². The predicted molar refractivity (Wildman–Crippen MR) is 124 cm³/mol. The van der Waals surface area contributed by atoms with Crippen molar-refractivity contribution >= 4 is 29.0 Å². The molecule has 2 amide bonds. The molecule has 0 bridgehead atoms. The Hall–Kier alpha value is -3.87. The highest BCUT2D eigenvalue weighted by atomic mass is 16.2. The summed E-state index contributed by atoms with van der Waals surface area (Å²) < 4.78 is 0. The second kappa shape index (κ2) is 9.75. The molecule has 0 spiro atoms. The highest BCUT2D eigenvalue weighted by Gasteiger charge is 2.15. The maximum atomic E-state index is 12.6. The van der Waals surface area contributed by atoms with Crippen LogP contribution in [0.3, 0.4) is 0 Å². The van der Waals surface area contributed by atoms with Crippen LogP contribution in [0.1, 0.15) is 26.3 Å². The molecule has 0 aliphatic rings. The van der Waals surface area contributed by atoms with Gasteiger partial charge in [-0.2, -0.15) is 0 Å². The number of pyridine rings is 1. The van der Waals surface area contributed by atoms with E-state index in [-0.39, 0.29) is 11.8 Å². The van der Waals surface area contributed by atoms with Crippen LogP contribution in [0.5, 0.6) is 0 Å². The van der Waals surface area contributed by atoms with Crippen molar-refractivity contribution in [3.8, 4) is 0 Å². The normalized spacial score (nSPS) is 10.3. The van der Waals surface area contributed by atoms with Crippen molar-refractivity contribution < 1.29 is 9.59 Å². The maximum Gasteiger partial charge on any atom is 0.257 e. The molecule has 1 heterocycles. The molecule has 7 nitrogen and oxygen atoms in total. The molecule has 2 N–H and O–H groups in total. The predicted octanol–water partition coefficient (Wildman–Crippen LogP) is 3.84. The summed E-state index contributed by atoms with van der Waals surface area (Å²) in [7, 11) is 6.87. The van der Waals surface area contributed by atoms with Gasteiger partial charge in [0.25, 0.3) is 11.8 Å². The Labute approximate surface area is 182 Å². The lowest BCUT2D eigenvalue weighted by atomic mass is 10.1. The summed E-state index contributed by atoms with van der Waals surface area (Å²) >= 11 is 0. The topological polar surface area (TPSA) is 77.6 Å². The van der Waals surface area contributed by atoms with Gasteiger partial charge in [-0.3, -0.25) is 9.59 Å². The van der Waals surface area contributed by atoms with Crippen molar-refractivity contribution in [2.75, 3.05) is 38.8 Å². The van der Waals surface area contributed by atoms with Gasteiger partial charge in [0.2, 0.25) is 0 Å². The van der Waals surface area contributed by atoms with Gasteiger partial charge in [-0.15, -0.1) is 0 Å². The van der Waals surface area contributed by atoms with Crippen molar-refractivity contribution in [1.82, 2.24) is 14.8 Å². The van der Waals surface area contributed by atoms with E-state index < -0.39 is 0 Å². The lowest BCUT2D eigenvalue weighted by molar-refractivity contribution is 0.0820. The Balaban J connectivity index is 1.82. The van der Waals surface area contributed by atoms with Crippen LogP contribution in [0.15, 0.2) is 66.9 Å². The second-order valence-electron chi connectivity index (χ2n) is 7.56. The second-order valence-corrected chi connectivity index (χ2v) is 7.56. The van der Waals surface area contributed by atoms with Crippen LogP contribution < -0.4 is 10.6 Å². The van der Waals surface area contributed by atoms with E-state index in [1.165, 1.54) is 9.80 Å². The minimum Gasteiger partial charge on any atom is -0.380 e. The first-order valence-electron chi connectivity index (χ1n) is 9.93. The lowest BCUT2D eigenvalue weighted by Gasteiger charge is -2.17. The van der Waals surface area contributed by atoms with Gasteiger partial charge in [0.15, 0.2) is 0 Å². The number of rotatable bonds is 7. The Bertz CT molecular complexity index is 1050. The number of anilines is 3. The minimum atomic E-state index is -0.124. The molecule has 0 aliphatic carbocycles. The smallest absolute Gasteiger partial charge is 0.257 e.